The second-order valence-corrected chi connectivity index (χ2v) is 7.01. The van der Waals surface area contributed by atoms with E-state index in [1.165, 1.54) is 20.3 Å². The van der Waals surface area contributed by atoms with Crippen LogP contribution in [0.1, 0.15) is 26.3 Å². The zero-order chi connectivity index (χ0) is 23.1. The van der Waals surface area contributed by atoms with Crippen molar-refractivity contribution in [3.63, 3.8) is 0 Å². The number of hydrogen-bond donors (Lipinski definition) is 0. The molecule has 0 fully saturated rings. The van der Waals surface area contributed by atoms with Gasteiger partial charge in [0.25, 0.3) is 0 Å². The van der Waals surface area contributed by atoms with Crippen molar-refractivity contribution in [2.45, 2.75) is 0 Å². The molecule has 0 saturated carbocycles. The third-order valence-electron chi connectivity index (χ3n) is 4.57. The number of ketones is 1. The van der Waals surface area contributed by atoms with Gasteiger partial charge in [-0.3, -0.25) is 4.79 Å². The van der Waals surface area contributed by atoms with Gasteiger partial charge in [-0.2, -0.15) is 0 Å². The Kier molecular flexibility index (Phi) is 7.52. The maximum atomic E-state index is 12.6. The SMILES string of the molecule is COc1ccc(C(=O)/C=C/c2ccc(OC(=O)c3ccc(Cl)cc3)c(OC)c2)c(OC)c1. The maximum absolute atomic E-state index is 12.6. The first-order valence-corrected chi connectivity index (χ1v) is 9.93. The second-order valence-electron chi connectivity index (χ2n) is 6.57. The van der Waals surface area contributed by atoms with Crippen LogP contribution in [0.15, 0.2) is 66.7 Å². The van der Waals surface area contributed by atoms with E-state index < -0.39 is 5.97 Å². The van der Waals surface area contributed by atoms with E-state index in [2.05, 4.69) is 0 Å². The van der Waals surface area contributed by atoms with Crippen LogP contribution in [0.25, 0.3) is 6.08 Å². The van der Waals surface area contributed by atoms with Crippen molar-refractivity contribution in [2.75, 3.05) is 21.3 Å². The first-order valence-electron chi connectivity index (χ1n) is 9.55. The summed E-state index contributed by atoms with van der Waals surface area (Å²) in [5.74, 6) is 0.848. The molecule has 3 aromatic rings. The highest BCUT2D eigenvalue weighted by Crippen LogP contribution is 2.30. The number of carbonyl (C=O) groups excluding carboxylic acids is 2. The third kappa shape index (κ3) is 5.47. The summed E-state index contributed by atoms with van der Waals surface area (Å²) in [6.07, 6.45) is 3.07. The van der Waals surface area contributed by atoms with Crippen LogP contribution < -0.4 is 18.9 Å². The lowest BCUT2D eigenvalue weighted by molar-refractivity contribution is 0.0729. The fraction of sp³-hybridized carbons (Fsp3) is 0.120. The first kappa shape index (κ1) is 22.9. The number of hydrogen-bond acceptors (Lipinski definition) is 6. The van der Waals surface area contributed by atoms with E-state index in [0.29, 0.717) is 39.0 Å². The molecule has 0 aliphatic rings. The lowest BCUT2D eigenvalue weighted by Crippen LogP contribution is -2.09. The summed E-state index contributed by atoms with van der Waals surface area (Å²) in [6, 6.07) is 16.3. The Morgan fingerprint density at radius 3 is 2.16 bits per heavy atom. The smallest absolute Gasteiger partial charge is 0.343 e. The lowest BCUT2D eigenvalue weighted by Gasteiger charge is -2.10. The van der Waals surface area contributed by atoms with Gasteiger partial charge in [-0.25, -0.2) is 4.79 Å². The monoisotopic (exact) mass is 452 g/mol. The van der Waals surface area contributed by atoms with Crippen molar-refractivity contribution in [1.29, 1.82) is 0 Å². The number of carbonyl (C=O) groups is 2. The summed E-state index contributed by atoms with van der Waals surface area (Å²) >= 11 is 5.85. The van der Waals surface area contributed by atoms with Crippen LogP contribution in [0, 0.1) is 0 Å². The van der Waals surface area contributed by atoms with E-state index in [9.17, 15) is 9.59 Å². The summed E-state index contributed by atoms with van der Waals surface area (Å²) < 4.78 is 21.2. The Morgan fingerprint density at radius 2 is 1.50 bits per heavy atom. The van der Waals surface area contributed by atoms with Gasteiger partial charge in [-0.05, 0) is 60.2 Å². The van der Waals surface area contributed by atoms with Crippen LogP contribution in [0.5, 0.6) is 23.0 Å². The first-order chi connectivity index (χ1) is 15.4. The third-order valence-corrected chi connectivity index (χ3v) is 4.82. The Hall–Kier alpha value is -3.77. The van der Waals surface area contributed by atoms with Crippen LogP contribution in [0.2, 0.25) is 5.02 Å². The summed E-state index contributed by atoms with van der Waals surface area (Å²) in [4.78, 5) is 25.0. The van der Waals surface area contributed by atoms with Gasteiger partial charge in [-0.1, -0.05) is 23.7 Å². The molecule has 0 N–H and O–H groups in total. The highest BCUT2D eigenvalue weighted by molar-refractivity contribution is 6.30. The molecule has 164 valence electrons. The molecule has 3 aromatic carbocycles. The molecule has 0 radical (unpaired) electrons. The van der Waals surface area contributed by atoms with Gasteiger partial charge in [0.1, 0.15) is 11.5 Å². The molecule has 0 spiro atoms. The van der Waals surface area contributed by atoms with Gasteiger partial charge in [0.2, 0.25) is 0 Å². The number of benzene rings is 3. The molecular weight excluding hydrogens is 432 g/mol. The maximum Gasteiger partial charge on any atom is 0.343 e. The zero-order valence-electron chi connectivity index (χ0n) is 17.8. The van der Waals surface area contributed by atoms with Crippen molar-refractivity contribution >= 4 is 29.4 Å². The molecule has 32 heavy (non-hydrogen) atoms. The molecule has 0 bridgehead atoms. The molecule has 0 aromatic heterocycles. The van der Waals surface area contributed by atoms with Gasteiger partial charge in [0.05, 0.1) is 32.5 Å². The minimum absolute atomic E-state index is 0.235. The Morgan fingerprint density at radius 1 is 0.781 bits per heavy atom. The predicted molar refractivity (Wildman–Crippen MR) is 122 cm³/mol. The van der Waals surface area contributed by atoms with Crippen molar-refractivity contribution in [3.8, 4) is 23.0 Å². The van der Waals surface area contributed by atoms with Crippen LogP contribution in [-0.4, -0.2) is 33.1 Å². The number of halogens is 1. The van der Waals surface area contributed by atoms with Crippen LogP contribution >= 0.6 is 11.6 Å². The average molecular weight is 453 g/mol. The van der Waals surface area contributed by atoms with E-state index >= 15 is 0 Å². The summed E-state index contributed by atoms with van der Waals surface area (Å²) in [5.41, 5.74) is 1.46. The van der Waals surface area contributed by atoms with Gasteiger partial charge in [-0.15, -0.1) is 0 Å². The van der Waals surface area contributed by atoms with E-state index in [4.69, 9.17) is 30.5 Å². The highest BCUT2D eigenvalue weighted by atomic mass is 35.5. The second kappa shape index (κ2) is 10.5. The van der Waals surface area contributed by atoms with Crippen molar-refractivity contribution < 1.29 is 28.5 Å². The molecular formula is C25H21ClO6. The molecule has 0 amide bonds. The Bertz CT molecular complexity index is 1150. The number of esters is 1. The van der Waals surface area contributed by atoms with E-state index in [-0.39, 0.29) is 11.5 Å². The molecule has 7 heteroatoms. The molecule has 0 saturated heterocycles. The minimum atomic E-state index is -0.537. The Balaban J connectivity index is 1.77. The van der Waals surface area contributed by atoms with Crippen LogP contribution in [0.4, 0.5) is 0 Å². The van der Waals surface area contributed by atoms with Crippen molar-refractivity contribution in [2.24, 2.45) is 0 Å². The standard InChI is InChI=1S/C25H21ClO6/c1-29-19-10-11-20(23(15-19)30-2)21(27)12-4-16-5-13-22(24(14-16)31-3)32-25(28)17-6-8-18(26)9-7-17/h4-15H,1-3H3/b12-4+. The topological polar surface area (TPSA) is 71.1 Å². The Labute approximate surface area is 190 Å². The summed E-state index contributed by atoms with van der Waals surface area (Å²) in [6.45, 7) is 0. The normalized spacial score (nSPS) is 10.6. The molecule has 0 aliphatic carbocycles. The predicted octanol–water partition coefficient (Wildman–Crippen LogP) is 5.48. The van der Waals surface area contributed by atoms with E-state index in [1.807, 2.05) is 0 Å². The average Bonchev–Trinajstić information content (AvgIpc) is 2.82. The van der Waals surface area contributed by atoms with Gasteiger partial charge < -0.3 is 18.9 Å². The number of allylic oxidation sites excluding steroid dienone is 1. The van der Waals surface area contributed by atoms with E-state index in [1.54, 1.807) is 73.8 Å². The number of methoxy groups -OCH3 is 3. The largest absolute Gasteiger partial charge is 0.497 e. The zero-order valence-corrected chi connectivity index (χ0v) is 18.5. The van der Waals surface area contributed by atoms with Crippen molar-refractivity contribution in [1.82, 2.24) is 0 Å². The lowest BCUT2D eigenvalue weighted by atomic mass is 10.1. The molecule has 6 nitrogen and oxygen atoms in total. The van der Waals surface area contributed by atoms with Crippen LogP contribution in [-0.2, 0) is 0 Å². The molecule has 0 unspecified atom stereocenters. The molecule has 3 rings (SSSR count). The van der Waals surface area contributed by atoms with Crippen LogP contribution in [0.3, 0.4) is 0 Å². The molecule has 0 aliphatic heterocycles. The molecule has 0 atom stereocenters. The van der Waals surface area contributed by atoms with Crippen molar-refractivity contribution in [3.05, 3.63) is 88.5 Å². The van der Waals surface area contributed by atoms with Gasteiger partial charge in [0, 0.05) is 11.1 Å². The minimum Gasteiger partial charge on any atom is -0.497 e. The van der Waals surface area contributed by atoms with Gasteiger partial charge in [0.15, 0.2) is 17.3 Å². The number of ether oxygens (including phenoxy) is 4. The fourth-order valence-corrected chi connectivity index (χ4v) is 3.01. The fourth-order valence-electron chi connectivity index (χ4n) is 2.88. The summed E-state index contributed by atoms with van der Waals surface area (Å²) in [7, 11) is 4.50. The van der Waals surface area contributed by atoms with Gasteiger partial charge >= 0.3 is 5.97 Å². The summed E-state index contributed by atoms with van der Waals surface area (Å²) in [5, 5.41) is 0.525. The quantitative estimate of drug-likeness (QED) is 0.195. The highest BCUT2D eigenvalue weighted by Gasteiger charge is 2.14. The van der Waals surface area contributed by atoms with E-state index in [0.717, 1.165) is 0 Å². The number of rotatable bonds is 8. The molecule has 0 heterocycles.